The van der Waals surface area contributed by atoms with Crippen LogP contribution in [0.2, 0.25) is 0 Å². The molecule has 1 heterocycles. The number of aromatic carboxylic acids is 1. The Kier molecular flexibility index (Phi) is 3.84. The van der Waals surface area contributed by atoms with Gasteiger partial charge in [0.2, 0.25) is 11.6 Å². The minimum atomic E-state index is -1.30. The molecule has 0 aliphatic heterocycles. The zero-order chi connectivity index (χ0) is 14.0. The van der Waals surface area contributed by atoms with Crippen LogP contribution in [-0.4, -0.2) is 22.7 Å². The summed E-state index contributed by atoms with van der Waals surface area (Å²) in [6, 6.07) is 4.19. The first-order chi connectivity index (χ1) is 9.02. The number of nitrogens with zero attached hydrogens (tertiary/aromatic N) is 1. The van der Waals surface area contributed by atoms with E-state index in [1.165, 1.54) is 18.2 Å². The molecule has 1 aromatic heterocycles. The van der Waals surface area contributed by atoms with Crippen molar-refractivity contribution in [3.05, 3.63) is 34.2 Å². The Morgan fingerprint density at radius 2 is 2.32 bits per heavy atom. The number of hydrogen-bond donors (Lipinski definition) is 1. The summed E-state index contributed by atoms with van der Waals surface area (Å²) in [5.74, 6) is -2.23. The fourth-order valence-electron chi connectivity index (χ4n) is 1.45. The third kappa shape index (κ3) is 2.76. The van der Waals surface area contributed by atoms with Gasteiger partial charge in [-0.2, -0.15) is 4.98 Å². The van der Waals surface area contributed by atoms with E-state index in [2.05, 4.69) is 20.9 Å². The summed E-state index contributed by atoms with van der Waals surface area (Å²) in [4.78, 5) is 14.7. The van der Waals surface area contributed by atoms with Crippen LogP contribution in [0.1, 0.15) is 17.4 Å². The van der Waals surface area contributed by atoms with Crippen molar-refractivity contribution in [2.75, 3.05) is 6.61 Å². The van der Waals surface area contributed by atoms with Crippen molar-refractivity contribution in [3.63, 3.8) is 0 Å². The lowest BCUT2D eigenvalue weighted by Gasteiger charge is -1.99. The van der Waals surface area contributed by atoms with Crippen molar-refractivity contribution in [1.29, 1.82) is 0 Å². The van der Waals surface area contributed by atoms with E-state index in [1.54, 1.807) is 6.92 Å². The van der Waals surface area contributed by atoms with E-state index in [1.807, 2.05) is 0 Å². The quantitative estimate of drug-likeness (QED) is 0.931. The summed E-state index contributed by atoms with van der Waals surface area (Å²) in [5, 5.41) is 8.97. The van der Waals surface area contributed by atoms with Crippen LogP contribution in [0, 0.1) is 5.82 Å². The van der Waals surface area contributed by atoms with Crippen molar-refractivity contribution in [1.82, 2.24) is 4.98 Å². The Morgan fingerprint density at radius 3 is 2.95 bits per heavy atom. The topological polar surface area (TPSA) is 72.6 Å². The summed E-state index contributed by atoms with van der Waals surface area (Å²) in [5.41, 5.74) is -0.320. The van der Waals surface area contributed by atoms with Gasteiger partial charge in [0.05, 0.1) is 12.2 Å². The van der Waals surface area contributed by atoms with Gasteiger partial charge in [-0.1, -0.05) is 15.9 Å². The number of hydrogen-bond acceptors (Lipinski definition) is 4. The molecular weight excluding hydrogens is 321 g/mol. The van der Waals surface area contributed by atoms with Crippen LogP contribution >= 0.6 is 15.9 Å². The van der Waals surface area contributed by atoms with Crippen LogP contribution < -0.4 is 4.74 Å². The number of oxazole rings is 1. The lowest BCUT2D eigenvalue weighted by Crippen LogP contribution is -2.01. The maximum Gasteiger partial charge on any atom is 0.362 e. The van der Waals surface area contributed by atoms with Gasteiger partial charge in [-0.05, 0) is 25.1 Å². The highest BCUT2D eigenvalue weighted by atomic mass is 79.9. The molecule has 0 fully saturated rings. The van der Waals surface area contributed by atoms with Gasteiger partial charge in [0.1, 0.15) is 5.82 Å². The number of carboxylic acid groups (broad SMARTS) is 1. The zero-order valence-corrected chi connectivity index (χ0v) is 11.4. The van der Waals surface area contributed by atoms with E-state index in [4.69, 9.17) is 14.3 Å². The van der Waals surface area contributed by atoms with Crippen molar-refractivity contribution in [2.24, 2.45) is 0 Å². The van der Waals surface area contributed by atoms with E-state index in [0.29, 0.717) is 4.47 Å². The number of halogens is 2. The Bertz CT molecular complexity index is 626. The van der Waals surface area contributed by atoms with Crippen molar-refractivity contribution in [2.45, 2.75) is 6.92 Å². The highest BCUT2D eigenvalue weighted by Gasteiger charge is 2.23. The first-order valence-corrected chi connectivity index (χ1v) is 6.14. The monoisotopic (exact) mass is 329 g/mol. The number of rotatable bonds is 4. The summed E-state index contributed by atoms with van der Waals surface area (Å²) >= 11 is 3.19. The van der Waals surface area contributed by atoms with Gasteiger partial charge >= 0.3 is 11.9 Å². The number of carboxylic acids is 1. The molecule has 0 radical (unpaired) electrons. The van der Waals surface area contributed by atoms with Gasteiger partial charge in [-0.3, -0.25) is 0 Å². The Hall–Kier alpha value is -1.89. The summed E-state index contributed by atoms with van der Waals surface area (Å²) in [6.45, 7) is 1.89. The predicted molar refractivity (Wildman–Crippen MR) is 67.7 cm³/mol. The molecular formula is C12H9BrFNO4. The average Bonchev–Trinajstić information content (AvgIpc) is 2.77. The molecule has 0 aliphatic rings. The molecule has 1 aromatic carbocycles. The highest BCUT2D eigenvalue weighted by molar-refractivity contribution is 9.10. The molecule has 0 bridgehead atoms. The smallest absolute Gasteiger partial charge is 0.362 e. The Labute approximate surface area is 116 Å². The molecule has 19 heavy (non-hydrogen) atoms. The number of benzene rings is 1. The van der Waals surface area contributed by atoms with E-state index in [0.717, 1.165) is 0 Å². The van der Waals surface area contributed by atoms with Crippen LogP contribution in [0.4, 0.5) is 4.39 Å². The third-order valence-corrected chi connectivity index (χ3v) is 2.73. The predicted octanol–water partition coefficient (Wildman–Crippen LogP) is 3.34. The van der Waals surface area contributed by atoms with Gasteiger partial charge in [0.15, 0.2) is 0 Å². The van der Waals surface area contributed by atoms with Crippen molar-refractivity contribution >= 4 is 21.9 Å². The number of aromatic nitrogens is 1. The number of ether oxygens (including phenoxy) is 1. The zero-order valence-electron chi connectivity index (χ0n) is 9.81. The fourth-order valence-corrected chi connectivity index (χ4v) is 1.81. The molecule has 2 aromatic rings. The van der Waals surface area contributed by atoms with Gasteiger partial charge in [0, 0.05) is 4.47 Å². The maximum absolute atomic E-state index is 13.7. The largest absolute Gasteiger partial charge is 0.476 e. The van der Waals surface area contributed by atoms with Crippen LogP contribution in [0.25, 0.3) is 11.5 Å². The molecule has 2 rings (SSSR count). The third-order valence-electron chi connectivity index (χ3n) is 2.23. The standard InChI is InChI=1S/C12H9BrFNO4/c1-2-18-12-9(11(16)17)15-10(19-12)7-5-6(13)3-4-8(7)14/h3-5H,2H2,1H3,(H,16,17). The molecule has 0 saturated heterocycles. The summed E-state index contributed by atoms with van der Waals surface area (Å²) < 4.78 is 24.5. The van der Waals surface area contributed by atoms with E-state index in [9.17, 15) is 9.18 Å². The van der Waals surface area contributed by atoms with Gasteiger partial charge in [-0.25, -0.2) is 9.18 Å². The second-order valence-corrected chi connectivity index (χ2v) is 4.43. The maximum atomic E-state index is 13.7. The molecule has 100 valence electrons. The van der Waals surface area contributed by atoms with Gasteiger partial charge in [0.25, 0.3) is 0 Å². The molecule has 5 nitrogen and oxygen atoms in total. The molecule has 0 aliphatic carbocycles. The first kappa shape index (κ1) is 13.5. The van der Waals surface area contributed by atoms with E-state index >= 15 is 0 Å². The molecule has 0 amide bonds. The van der Waals surface area contributed by atoms with Crippen LogP contribution in [-0.2, 0) is 0 Å². The van der Waals surface area contributed by atoms with Crippen molar-refractivity contribution < 1.29 is 23.4 Å². The molecule has 1 N–H and O–H groups in total. The van der Waals surface area contributed by atoms with Gasteiger partial charge in [-0.15, -0.1) is 0 Å². The van der Waals surface area contributed by atoms with E-state index in [-0.39, 0.29) is 29.7 Å². The van der Waals surface area contributed by atoms with Gasteiger partial charge < -0.3 is 14.3 Å². The van der Waals surface area contributed by atoms with Crippen LogP contribution in [0.5, 0.6) is 5.95 Å². The fraction of sp³-hybridized carbons (Fsp3) is 0.167. The normalized spacial score (nSPS) is 10.5. The van der Waals surface area contributed by atoms with Crippen LogP contribution in [0.15, 0.2) is 27.1 Å². The van der Waals surface area contributed by atoms with Crippen LogP contribution in [0.3, 0.4) is 0 Å². The lowest BCUT2D eigenvalue weighted by atomic mass is 10.2. The second kappa shape index (κ2) is 5.40. The summed E-state index contributed by atoms with van der Waals surface area (Å²) in [6.07, 6.45) is 0. The number of carbonyl (C=O) groups is 1. The Balaban J connectivity index is 2.53. The SMILES string of the molecule is CCOc1oc(-c2cc(Br)ccc2F)nc1C(=O)O. The average molecular weight is 330 g/mol. The van der Waals surface area contributed by atoms with Crippen molar-refractivity contribution in [3.8, 4) is 17.4 Å². The minimum absolute atomic E-state index is 0.0582. The Morgan fingerprint density at radius 1 is 1.58 bits per heavy atom. The molecule has 7 heteroatoms. The lowest BCUT2D eigenvalue weighted by molar-refractivity contribution is 0.0683. The highest BCUT2D eigenvalue weighted by Crippen LogP contribution is 2.30. The molecule has 0 saturated carbocycles. The molecule has 0 spiro atoms. The molecule has 0 unspecified atom stereocenters. The first-order valence-electron chi connectivity index (χ1n) is 5.35. The minimum Gasteiger partial charge on any atom is -0.476 e. The van der Waals surface area contributed by atoms with E-state index < -0.39 is 11.8 Å². The summed E-state index contributed by atoms with van der Waals surface area (Å²) in [7, 11) is 0. The molecule has 0 atom stereocenters. The second-order valence-electron chi connectivity index (χ2n) is 3.52.